The fraction of sp³-hybridized carbons (Fsp3) is 0.421. The van der Waals surface area contributed by atoms with Crippen molar-refractivity contribution in [2.45, 2.75) is 25.9 Å². The molecule has 1 amide bonds. The molecule has 0 saturated carbocycles. The Kier molecular flexibility index (Phi) is 6.06. The Hall–Kier alpha value is -1.76. The fourth-order valence-corrected chi connectivity index (χ4v) is 4.34. The van der Waals surface area contributed by atoms with Crippen LogP contribution in [0.25, 0.3) is 0 Å². The third kappa shape index (κ3) is 3.98. The van der Waals surface area contributed by atoms with E-state index in [1.807, 2.05) is 11.3 Å². The van der Waals surface area contributed by atoms with Crippen LogP contribution in [-0.2, 0) is 13.0 Å². The summed E-state index contributed by atoms with van der Waals surface area (Å²) in [6.07, 6.45) is 1.08. The molecule has 1 aliphatic heterocycles. The summed E-state index contributed by atoms with van der Waals surface area (Å²) in [6.45, 7) is 4.67. The largest absolute Gasteiger partial charge is 0.493 e. The number of halogens is 1. The van der Waals surface area contributed by atoms with E-state index in [9.17, 15) is 4.79 Å². The van der Waals surface area contributed by atoms with Gasteiger partial charge in [0.05, 0.1) is 19.2 Å². The van der Waals surface area contributed by atoms with E-state index >= 15 is 0 Å². The van der Waals surface area contributed by atoms with E-state index in [4.69, 9.17) is 21.1 Å². The molecule has 0 aliphatic carbocycles. The second kappa shape index (κ2) is 8.29. The summed E-state index contributed by atoms with van der Waals surface area (Å²) in [5, 5.41) is 5.50. The number of hydrogen-bond acceptors (Lipinski definition) is 5. The Labute approximate surface area is 162 Å². The van der Waals surface area contributed by atoms with Crippen molar-refractivity contribution in [2.75, 3.05) is 27.3 Å². The Morgan fingerprint density at radius 3 is 2.92 bits per heavy atom. The molecule has 0 fully saturated rings. The topological polar surface area (TPSA) is 50.8 Å². The average molecular weight is 395 g/mol. The van der Waals surface area contributed by atoms with Crippen LogP contribution in [0.4, 0.5) is 0 Å². The van der Waals surface area contributed by atoms with Crippen LogP contribution in [-0.4, -0.2) is 44.2 Å². The molecule has 3 rings (SSSR count). The number of amides is 1. The lowest BCUT2D eigenvalue weighted by Gasteiger charge is -2.32. The smallest absolute Gasteiger partial charge is 0.251 e. The first-order valence-corrected chi connectivity index (χ1v) is 9.78. The number of ether oxygens (including phenoxy) is 2. The van der Waals surface area contributed by atoms with Crippen LogP contribution in [0.3, 0.4) is 0 Å². The lowest BCUT2D eigenvalue weighted by molar-refractivity contribution is 0.0932. The van der Waals surface area contributed by atoms with Gasteiger partial charge in [-0.25, -0.2) is 0 Å². The first-order chi connectivity index (χ1) is 12.5. The third-order valence-corrected chi connectivity index (χ3v) is 6.02. The number of carbonyl (C=O) groups is 1. The Morgan fingerprint density at radius 2 is 2.19 bits per heavy atom. The van der Waals surface area contributed by atoms with Crippen LogP contribution in [0.15, 0.2) is 23.6 Å². The molecule has 2 heterocycles. The number of hydrogen-bond donors (Lipinski definition) is 1. The van der Waals surface area contributed by atoms with Gasteiger partial charge < -0.3 is 14.8 Å². The van der Waals surface area contributed by atoms with Gasteiger partial charge in [-0.3, -0.25) is 9.69 Å². The highest BCUT2D eigenvalue weighted by Gasteiger charge is 2.22. The van der Waals surface area contributed by atoms with Gasteiger partial charge in [-0.2, -0.15) is 0 Å². The van der Waals surface area contributed by atoms with Crippen LogP contribution in [0.5, 0.6) is 11.5 Å². The van der Waals surface area contributed by atoms with Gasteiger partial charge in [0.2, 0.25) is 0 Å². The van der Waals surface area contributed by atoms with Crippen molar-refractivity contribution in [3.05, 3.63) is 44.6 Å². The van der Waals surface area contributed by atoms with Crippen LogP contribution >= 0.6 is 22.9 Å². The highest BCUT2D eigenvalue weighted by Crippen LogP contribution is 2.36. The number of fused-ring (bicyclic) bond motifs is 1. The molecule has 1 aromatic heterocycles. The number of nitrogens with zero attached hydrogens (tertiary/aromatic N) is 1. The molecule has 2 aromatic rings. The molecule has 7 heteroatoms. The van der Waals surface area contributed by atoms with Crippen molar-refractivity contribution >= 4 is 28.8 Å². The predicted molar refractivity (Wildman–Crippen MR) is 105 cm³/mol. The molecule has 1 N–H and O–H groups in total. The summed E-state index contributed by atoms with van der Waals surface area (Å²) >= 11 is 8.02. The van der Waals surface area contributed by atoms with E-state index in [1.165, 1.54) is 24.7 Å². The van der Waals surface area contributed by atoms with Gasteiger partial charge >= 0.3 is 0 Å². The van der Waals surface area contributed by atoms with Gasteiger partial charge in [-0.05, 0) is 42.5 Å². The van der Waals surface area contributed by atoms with E-state index in [0.717, 1.165) is 19.5 Å². The van der Waals surface area contributed by atoms with Gasteiger partial charge in [0.1, 0.15) is 0 Å². The zero-order valence-electron chi connectivity index (χ0n) is 15.2. The van der Waals surface area contributed by atoms with Crippen molar-refractivity contribution < 1.29 is 14.3 Å². The SMILES string of the molecule is COc1cc(C(=O)NCC(C)N2CCc3sccc3C2)cc(Cl)c1OC. The van der Waals surface area contributed by atoms with E-state index < -0.39 is 0 Å². The predicted octanol–water partition coefficient (Wildman–Crippen LogP) is 3.60. The number of carbonyl (C=O) groups excluding carboxylic acids is 1. The normalized spacial score (nSPS) is 15.2. The second-order valence-electron chi connectivity index (χ2n) is 6.34. The highest BCUT2D eigenvalue weighted by molar-refractivity contribution is 7.10. The molecule has 0 radical (unpaired) electrons. The standard InChI is InChI=1S/C19H23ClN2O3S/c1-12(22-6-4-17-13(11-22)5-7-26-17)10-21-19(23)14-8-15(20)18(25-3)16(9-14)24-2/h5,7-9,12H,4,6,10-11H2,1-3H3,(H,21,23). The summed E-state index contributed by atoms with van der Waals surface area (Å²) in [5.74, 6) is 0.700. The summed E-state index contributed by atoms with van der Waals surface area (Å²) in [7, 11) is 3.04. The molecule has 5 nitrogen and oxygen atoms in total. The summed E-state index contributed by atoms with van der Waals surface area (Å²) in [5.41, 5.74) is 1.87. The lowest BCUT2D eigenvalue weighted by Crippen LogP contribution is -2.44. The maximum Gasteiger partial charge on any atom is 0.251 e. The highest BCUT2D eigenvalue weighted by atomic mass is 35.5. The Bertz CT molecular complexity index is 793. The minimum absolute atomic E-state index is 0.173. The van der Waals surface area contributed by atoms with E-state index in [-0.39, 0.29) is 11.9 Å². The van der Waals surface area contributed by atoms with Gasteiger partial charge in [0, 0.05) is 36.1 Å². The minimum Gasteiger partial charge on any atom is -0.493 e. The Balaban J connectivity index is 1.61. The number of rotatable bonds is 6. The van der Waals surface area contributed by atoms with Crippen molar-refractivity contribution in [1.29, 1.82) is 0 Å². The first-order valence-electron chi connectivity index (χ1n) is 8.52. The molecule has 0 bridgehead atoms. The van der Waals surface area contributed by atoms with Crippen LogP contribution < -0.4 is 14.8 Å². The molecular weight excluding hydrogens is 372 g/mol. The van der Waals surface area contributed by atoms with Gasteiger partial charge in [0.15, 0.2) is 11.5 Å². The van der Waals surface area contributed by atoms with Crippen molar-refractivity contribution in [3.8, 4) is 11.5 Å². The zero-order chi connectivity index (χ0) is 18.7. The third-order valence-electron chi connectivity index (χ3n) is 4.71. The maximum atomic E-state index is 12.5. The number of benzene rings is 1. The van der Waals surface area contributed by atoms with Crippen LogP contribution in [0.2, 0.25) is 5.02 Å². The van der Waals surface area contributed by atoms with Crippen molar-refractivity contribution in [1.82, 2.24) is 10.2 Å². The van der Waals surface area contributed by atoms with E-state index in [0.29, 0.717) is 28.6 Å². The van der Waals surface area contributed by atoms with Crippen molar-refractivity contribution in [2.24, 2.45) is 0 Å². The Morgan fingerprint density at radius 1 is 1.38 bits per heavy atom. The fourth-order valence-electron chi connectivity index (χ4n) is 3.17. The van der Waals surface area contributed by atoms with Gasteiger partial charge in [-0.1, -0.05) is 11.6 Å². The maximum absolute atomic E-state index is 12.5. The summed E-state index contributed by atoms with van der Waals surface area (Å²) in [4.78, 5) is 16.4. The molecule has 1 atom stereocenters. The minimum atomic E-state index is -0.173. The first kappa shape index (κ1) is 19.0. The lowest BCUT2D eigenvalue weighted by atomic mass is 10.1. The number of methoxy groups -OCH3 is 2. The zero-order valence-corrected chi connectivity index (χ0v) is 16.7. The molecule has 1 unspecified atom stereocenters. The molecule has 26 heavy (non-hydrogen) atoms. The quantitative estimate of drug-likeness (QED) is 0.813. The van der Waals surface area contributed by atoms with E-state index in [2.05, 4.69) is 28.6 Å². The molecule has 140 valence electrons. The van der Waals surface area contributed by atoms with Crippen LogP contribution in [0.1, 0.15) is 27.7 Å². The van der Waals surface area contributed by atoms with E-state index in [1.54, 1.807) is 12.1 Å². The average Bonchev–Trinajstić information content (AvgIpc) is 3.12. The summed E-state index contributed by atoms with van der Waals surface area (Å²) < 4.78 is 10.5. The molecular formula is C19H23ClN2O3S. The summed E-state index contributed by atoms with van der Waals surface area (Å²) in [6, 6.07) is 5.69. The monoisotopic (exact) mass is 394 g/mol. The molecule has 1 aliphatic rings. The van der Waals surface area contributed by atoms with Crippen LogP contribution in [0, 0.1) is 0 Å². The molecule has 0 spiro atoms. The van der Waals surface area contributed by atoms with Gasteiger partial charge in [0.25, 0.3) is 5.91 Å². The number of thiophene rings is 1. The molecule has 1 aromatic carbocycles. The van der Waals surface area contributed by atoms with Gasteiger partial charge in [-0.15, -0.1) is 11.3 Å². The molecule has 0 saturated heterocycles. The van der Waals surface area contributed by atoms with Crippen molar-refractivity contribution in [3.63, 3.8) is 0 Å². The number of nitrogens with one attached hydrogen (secondary N) is 1. The second-order valence-corrected chi connectivity index (χ2v) is 7.75.